The summed E-state index contributed by atoms with van der Waals surface area (Å²) >= 11 is 1.55. The molecular formula is C11H16N2O2S. The van der Waals surface area contributed by atoms with Crippen molar-refractivity contribution in [1.29, 1.82) is 0 Å². The summed E-state index contributed by atoms with van der Waals surface area (Å²) in [5.74, 6) is 1.37. The van der Waals surface area contributed by atoms with Crippen molar-refractivity contribution < 1.29 is 9.53 Å². The zero-order chi connectivity index (χ0) is 11.8. The molecule has 0 aromatic carbocycles. The quantitative estimate of drug-likeness (QED) is 0.610. The van der Waals surface area contributed by atoms with E-state index in [-0.39, 0.29) is 5.97 Å². The summed E-state index contributed by atoms with van der Waals surface area (Å²) in [6, 6.07) is 5.81. The Balaban J connectivity index is 2.41. The van der Waals surface area contributed by atoms with Crippen molar-refractivity contribution in [3.8, 4) is 0 Å². The van der Waals surface area contributed by atoms with Crippen molar-refractivity contribution in [3.05, 3.63) is 18.2 Å². The zero-order valence-corrected chi connectivity index (χ0v) is 10.3. The molecule has 0 aliphatic heterocycles. The van der Waals surface area contributed by atoms with Gasteiger partial charge in [-0.05, 0) is 19.1 Å². The third kappa shape index (κ3) is 4.53. The zero-order valence-electron chi connectivity index (χ0n) is 9.53. The molecule has 16 heavy (non-hydrogen) atoms. The number of carbonyl (C=O) groups excluding carboxylic acids is 1. The summed E-state index contributed by atoms with van der Waals surface area (Å²) in [5, 5.41) is 4.06. The Morgan fingerprint density at radius 2 is 2.38 bits per heavy atom. The first-order valence-electron chi connectivity index (χ1n) is 5.16. The molecule has 0 saturated heterocycles. The summed E-state index contributed by atoms with van der Waals surface area (Å²) in [5.41, 5.74) is 0. The molecule has 0 saturated carbocycles. The Kier molecular flexibility index (Phi) is 5.71. The Morgan fingerprint density at radius 3 is 3.06 bits per heavy atom. The second-order valence-electron chi connectivity index (χ2n) is 3.07. The summed E-state index contributed by atoms with van der Waals surface area (Å²) < 4.78 is 4.57. The molecule has 0 radical (unpaired) electrons. The fourth-order valence-corrected chi connectivity index (χ4v) is 1.93. The van der Waals surface area contributed by atoms with Crippen molar-refractivity contribution in [2.24, 2.45) is 0 Å². The average Bonchev–Trinajstić information content (AvgIpc) is 2.30. The van der Waals surface area contributed by atoms with Crippen LogP contribution in [0.1, 0.15) is 13.3 Å². The largest absolute Gasteiger partial charge is 0.469 e. The number of nitrogens with one attached hydrogen (secondary N) is 1. The van der Waals surface area contributed by atoms with E-state index in [1.807, 2.05) is 25.1 Å². The van der Waals surface area contributed by atoms with Crippen LogP contribution < -0.4 is 5.32 Å². The van der Waals surface area contributed by atoms with Crippen molar-refractivity contribution >= 4 is 23.5 Å². The summed E-state index contributed by atoms with van der Waals surface area (Å²) in [7, 11) is 1.40. The lowest BCUT2D eigenvalue weighted by atomic mass is 10.4. The molecule has 0 amide bonds. The Bertz CT molecular complexity index is 345. The number of esters is 1. The minimum absolute atomic E-state index is 0.185. The Morgan fingerprint density at radius 1 is 1.56 bits per heavy atom. The van der Waals surface area contributed by atoms with Gasteiger partial charge in [0, 0.05) is 12.3 Å². The molecule has 1 heterocycles. The molecule has 0 bridgehead atoms. The van der Waals surface area contributed by atoms with Gasteiger partial charge in [0.15, 0.2) is 0 Å². The fourth-order valence-electron chi connectivity index (χ4n) is 1.12. The van der Waals surface area contributed by atoms with Gasteiger partial charge in [0.1, 0.15) is 5.82 Å². The number of nitrogens with zero attached hydrogens (tertiary/aromatic N) is 1. The van der Waals surface area contributed by atoms with Crippen LogP contribution in [0.3, 0.4) is 0 Å². The summed E-state index contributed by atoms with van der Waals surface area (Å²) in [6.07, 6.45) is 0.411. The first kappa shape index (κ1) is 12.8. The number of thioether (sulfide) groups is 1. The van der Waals surface area contributed by atoms with Crippen LogP contribution >= 0.6 is 11.8 Å². The first-order chi connectivity index (χ1) is 7.76. The van der Waals surface area contributed by atoms with E-state index in [0.29, 0.717) is 12.2 Å². The molecule has 1 aromatic rings. The molecule has 1 aromatic heterocycles. The van der Waals surface area contributed by atoms with E-state index >= 15 is 0 Å². The van der Waals surface area contributed by atoms with Crippen LogP contribution in [0, 0.1) is 0 Å². The molecule has 4 nitrogen and oxygen atoms in total. The van der Waals surface area contributed by atoms with Crippen LogP contribution in [-0.4, -0.2) is 30.4 Å². The van der Waals surface area contributed by atoms with Crippen LogP contribution in [0.25, 0.3) is 0 Å². The highest BCUT2D eigenvalue weighted by atomic mass is 32.2. The molecule has 0 fully saturated rings. The number of aromatic nitrogens is 1. The average molecular weight is 240 g/mol. The molecule has 1 rings (SSSR count). The van der Waals surface area contributed by atoms with Crippen LogP contribution in [0.5, 0.6) is 0 Å². The third-order valence-electron chi connectivity index (χ3n) is 1.87. The summed E-state index contributed by atoms with van der Waals surface area (Å²) in [6.45, 7) is 2.88. The van der Waals surface area contributed by atoms with Gasteiger partial charge < -0.3 is 10.1 Å². The standard InChI is InChI=1S/C11H16N2O2S/c1-3-12-9-5-4-6-10(13-9)16-8-7-11(14)15-2/h4-6H,3,7-8H2,1-2H3,(H,12,13). The van der Waals surface area contributed by atoms with Crippen molar-refractivity contribution in [2.75, 3.05) is 24.7 Å². The van der Waals surface area contributed by atoms with Crippen LogP contribution in [-0.2, 0) is 9.53 Å². The molecule has 0 atom stereocenters. The van der Waals surface area contributed by atoms with Gasteiger partial charge in [-0.2, -0.15) is 0 Å². The maximum atomic E-state index is 10.9. The molecule has 0 spiro atoms. The molecule has 0 aliphatic carbocycles. The number of pyridine rings is 1. The van der Waals surface area contributed by atoms with Crippen molar-refractivity contribution in [3.63, 3.8) is 0 Å². The van der Waals surface area contributed by atoms with Crippen molar-refractivity contribution in [1.82, 2.24) is 4.98 Å². The molecular weight excluding hydrogens is 224 g/mol. The van der Waals surface area contributed by atoms with E-state index in [1.54, 1.807) is 11.8 Å². The fraction of sp³-hybridized carbons (Fsp3) is 0.455. The molecule has 1 N–H and O–H groups in total. The van der Waals surface area contributed by atoms with Gasteiger partial charge in [0.05, 0.1) is 18.6 Å². The lowest BCUT2D eigenvalue weighted by Crippen LogP contribution is -2.02. The van der Waals surface area contributed by atoms with Crippen LogP contribution in [0.15, 0.2) is 23.2 Å². The van der Waals surface area contributed by atoms with E-state index in [9.17, 15) is 4.79 Å². The Hall–Kier alpha value is -1.23. The second-order valence-corrected chi connectivity index (χ2v) is 4.18. The highest BCUT2D eigenvalue weighted by Gasteiger charge is 2.02. The van der Waals surface area contributed by atoms with Gasteiger partial charge in [-0.3, -0.25) is 4.79 Å². The normalized spacial score (nSPS) is 9.88. The van der Waals surface area contributed by atoms with E-state index in [1.165, 1.54) is 7.11 Å². The monoisotopic (exact) mass is 240 g/mol. The highest BCUT2D eigenvalue weighted by Crippen LogP contribution is 2.18. The van der Waals surface area contributed by atoms with Gasteiger partial charge >= 0.3 is 5.97 Å². The van der Waals surface area contributed by atoms with Gasteiger partial charge in [-0.25, -0.2) is 4.98 Å². The highest BCUT2D eigenvalue weighted by molar-refractivity contribution is 7.99. The molecule has 5 heteroatoms. The van der Waals surface area contributed by atoms with E-state index in [4.69, 9.17) is 0 Å². The third-order valence-corrected chi connectivity index (χ3v) is 2.80. The molecule has 0 aliphatic rings. The number of rotatable bonds is 6. The number of ether oxygens (including phenoxy) is 1. The number of hydrogen-bond acceptors (Lipinski definition) is 5. The van der Waals surface area contributed by atoms with E-state index in [0.717, 1.165) is 17.4 Å². The van der Waals surface area contributed by atoms with Gasteiger partial charge in [0.25, 0.3) is 0 Å². The van der Waals surface area contributed by atoms with Gasteiger partial charge in [-0.1, -0.05) is 6.07 Å². The minimum Gasteiger partial charge on any atom is -0.469 e. The van der Waals surface area contributed by atoms with Gasteiger partial charge in [-0.15, -0.1) is 11.8 Å². The van der Waals surface area contributed by atoms with Gasteiger partial charge in [0.2, 0.25) is 0 Å². The van der Waals surface area contributed by atoms with Crippen molar-refractivity contribution in [2.45, 2.75) is 18.4 Å². The van der Waals surface area contributed by atoms with Crippen LogP contribution in [0.4, 0.5) is 5.82 Å². The molecule has 88 valence electrons. The van der Waals surface area contributed by atoms with E-state index < -0.39 is 0 Å². The maximum absolute atomic E-state index is 10.9. The lowest BCUT2D eigenvalue weighted by Gasteiger charge is -2.04. The number of methoxy groups -OCH3 is 1. The first-order valence-corrected chi connectivity index (χ1v) is 6.15. The topological polar surface area (TPSA) is 51.2 Å². The minimum atomic E-state index is -0.185. The SMILES string of the molecule is CCNc1cccc(SCCC(=O)OC)n1. The number of carbonyl (C=O) groups is 1. The molecule has 0 unspecified atom stereocenters. The van der Waals surface area contributed by atoms with Crippen LogP contribution in [0.2, 0.25) is 0 Å². The lowest BCUT2D eigenvalue weighted by molar-refractivity contribution is -0.140. The smallest absolute Gasteiger partial charge is 0.306 e. The maximum Gasteiger partial charge on any atom is 0.306 e. The number of anilines is 1. The number of hydrogen-bond donors (Lipinski definition) is 1. The van der Waals surface area contributed by atoms with E-state index in [2.05, 4.69) is 15.0 Å². The predicted molar refractivity (Wildman–Crippen MR) is 65.8 cm³/mol. The second kappa shape index (κ2) is 7.11. The summed E-state index contributed by atoms with van der Waals surface area (Å²) in [4.78, 5) is 15.3. The predicted octanol–water partition coefficient (Wildman–Crippen LogP) is 2.17. The Labute approximate surface area is 99.8 Å².